The van der Waals surface area contributed by atoms with Crippen molar-refractivity contribution < 1.29 is 14.3 Å². The van der Waals surface area contributed by atoms with E-state index in [1.54, 1.807) is 13.8 Å². The molecule has 2 atom stereocenters. The quantitative estimate of drug-likeness (QED) is 0.431. The van der Waals surface area contributed by atoms with Crippen molar-refractivity contribution in [1.82, 2.24) is 0 Å². The number of esters is 1. The average Bonchev–Trinajstić information content (AvgIpc) is 2.00. The minimum Gasteiger partial charge on any atom is -0.469 e. The lowest BCUT2D eigenvalue weighted by Gasteiger charge is -2.10. The van der Waals surface area contributed by atoms with E-state index in [4.69, 9.17) is 0 Å². The van der Waals surface area contributed by atoms with Gasteiger partial charge in [-0.1, -0.05) is 13.8 Å². The number of aldehydes is 1. The molecule has 0 bridgehead atoms. The zero-order valence-corrected chi connectivity index (χ0v) is 6.46. The number of rotatable bonds is 3. The second-order valence-corrected chi connectivity index (χ2v) is 2.31. The molecular formula is C7H12O3. The van der Waals surface area contributed by atoms with Gasteiger partial charge in [0.25, 0.3) is 0 Å². The van der Waals surface area contributed by atoms with Crippen LogP contribution in [0.15, 0.2) is 0 Å². The summed E-state index contributed by atoms with van der Waals surface area (Å²) in [4.78, 5) is 20.9. The van der Waals surface area contributed by atoms with Crippen molar-refractivity contribution in [2.75, 3.05) is 7.11 Å². The highest BCUT2D eigenvalue weighted by atomic mass is 16.5. The van der Waals surface area contributed by atoms with Crippen LogP contribution in [0.25, 0.3) is 0 Å². The van der Waals surface area contributed by atoms with Gasteiger partial charge in [-0.05, 0) is 0 Å². The summed E-state index contributed by atoms with van der Waals surface area (Å²) < 4.78 is 4.44. The summed E-state index contributed by atoms with van der Waals surface area (Å²) in [5, 5.41) is 0. The number of ether oxygens (including phenoxy) is 1. The third-order valence-corrected chi connectivity index (χ3v) is 1.58. The van der Waals surface area contributed by atoms with Gasteiger partial charge in [-0.2, -0.15) is 0 Å². The van der Waals surface area contributed by atoms with Gasteiger partial charge in [0, 0.05) is 5.92 Å². The second kappa shape index (κ2) is 4.04. The molecule has 2 unspecified atom stereocenters. The van der Waals surface area contributed by atoms with Crippen molar-refractivity contribution >= 4 is 12.3 Å². The van der Waals surface area contributed by atoms with Crippen molar-refractivity contribution in [2.45, 2.75) is 13.8 Å². The summed E-state index contributed by atoms with van der Waals surface area (Å²) in [6.45, 7) is 3.36. The number of carbonyl (C=O) groups is 2. The highest BCUT2D eigenvalue weighted by molar-refractivity contribution is 5.75. The Kier molecular flexibility index (Phi) is 3.69. The van der Waals surface area contributed by atoms with Crippen LogP contribution in [0.2, 0.25) is 0 Å². The first kappa shape index (κ1) is 9.14. The summed E-state index contributed by atoms with van der Waals surface area (Å²) in [5.74, 6) is -0.922. The van der Waals surface area contributed by atoms with Crippen molar-refractivity contribution in [3.8, 4) is 0 Å². The van der Waals surface area contributed by atoms with E-state index in [1.807, 2.05) is 0 Å². The Bertz CT molecular complexity index is 131. The van der Waals surface area contributed by atoms with Crippen LogP contribution in [-0.4, -0.2) is 19.4 Å². The third-order valence-electron chi connectivity index (χ3n) is 1.58. The molecular weight excluding hydrogens is 132 g/mol. The molecule has 0 aliphatic rings. The van der Waals surface area contributed by atoms with Gasteiger partial charge < -0.3 is 9.53 Å². The fourth-order valence-electron chi connectivity index (χ4n) is 0.518. The van der Waals surface area contributed by atoms with Crippen molar-refractivity contribution in [2.24, 2.45) is 11.8 Å². The van der Waals surface area contributed by atoms with Crippen LogP contribution in [0.4, 0.5) is 0 Å². The van der Waals surface area contributed by atoms with E-state index in [0.717, 1.165) is 6.29 Å². The van der Waals surface area contributed by atoms with Gasteiger partial charge in [0.1, 0.15) is 6.29 Å². The van der Waals surface area contributed by atoms with E-state index in [-0.39, 0.29) is 17.8 Å². The predicted octanol–water partition coefficient (Wildman–Crippen LogP) is 0.630. The first-order chi connectivity index (χ1) is 4.63. The van der Waals surface area contributed by atoms with Gasteiger partial charge in [-0.15, -0.1) is 0 Å². The monoisotopic (exact) mass is 144 g/mol. The van der Waals surface area contributed by atoms with Crippen molar-refractivity contribution in [3.05, 3.63) is 0 Å². The standard InChI is InChI=1S/C7H12O3/c1-5(4-8)6(2)7(9)10-3/h4-6H,1-3H3. The van der Waals surface area contributed by atoms with Gasteiger partial charge in [-0.25, -0.2) is 0 Å². The first-order valence-electron chi connectivity index (χ1n) is 3.16. The van der Waals surface area contributed by atoms with Crippen molar-refractivity contribution in [3.63, 3.8) is 0 Å². The highest BCUT2D eigenvalue weighted by Crippen LogP contribution is 2.08. The number of carbonyl (C=O) groups excluding carboxylic acids is 2. The van der Waals surface area contributed by atoms with Gasteiger partial charge in [0.15, 0.2) is 0 Å². The highest BCUT2D eigenvalue weighted by Gasteiger charge is 2.19. The Balaban J connectivity index is 3.93. The molecule has 0 aliphatic heterocycles. The lowest BCUT2D eigenvalue weighted by Crippen LogP contribution is -2.20. The van der Waals surface area contributed by atoms with Gasteiger partial charge in [0.05, 0.1) is 13.0 Å². The van der Waals surface area contributed by atoms with Crippen molar-refractivity contribution in [1.29, 1.82) is 0 Å². The largest absolute Gasteiger partial charge is 0.469 e. The predicted molar refractivity (Wildman–Crippen MR) is 36.4 cm³/mol. The molecule has 10 heavy (non-hydrogen) atoms. The Morgan fingerprint density at radius 1 is 1.50 bits per heavy atom. The molecule has 0 N–H and O–H groups in total. The maximum absolute atomic E-state index is 10.7. The molecule has 0 aromatic rings. The molecule has 0 aromatic heterocycles. The Morgan fingerprint density at radius 3 is 2.30 bits per heavy atom. The summed E-state index contributed by atoms with van der Waals surface area (Å²) in [6, 6.07) is 0. The molecule has 58 valence electrons. The third kappa shape index (κ3) is 2.17. The minimum absolute atomic E-state index is 0.257. The summed E-state index contributed by atoms with van der Waals surface area (Å²) in [5.41, 5.74) is 0. The van der Waals surface area contributed by atoms with E-state index in [1.165, 1.54) is 7.11 Å². The van der Waals surface area contributed by atoms with Gasteiger partial charge >= 0.3 is 5.97 Å². The van der Waals surface area contributed by atoms with E-state index >= 15 is 0 Å². The Morgan fingerprint density at radius 2 is 2.00 bits per heavy atom. The van der Waals surface area contributed by atoms with Crippen LogP contribution in [0.3, 0.4) is 0 Å². The van der Waals surface area contributed by atoms with E-state index < -0.39 is 0 Å². The van der Waals surface area contributed by atoms with E-state index in [2.05, 4.69) is 4.74 Å². The number of hydrogen-bond acceptors (Lipinski definition) is 3. The SMILES string of the molecule is COC(=O)C(C)C(C)C=O. The zero-order valence-electron chi connectivity index (χ0n) is 6.46. The molecule has 0 aromatic carbocycles. The molecule has 0 saturated heterocycles. The zero-order chi connectivity index (χ0) is 8.15. The fraction of sp³-hybridized carbons (Fsp3) is 0.714. The van der Waals surface area contributed by atoms with E-state index in [0.29, 0.717) is 0 Å². The van der Waals surface area contributed by atoms with Gasteiger partial charge in [-0.3, -0.25) is 4.79 Å². The molecule has 0 spiro atoms. The molecule has 0 rings (SSSR count). The first-order valence-corrected chi connectivity index (χ1v) is 3.16. The molecule has 3 nitrogen and oxygen atoms in total. The molecule has 0 radical (unpaired) electrons. The second-order valence-electron chi connectivity index (χ2n) is 2.31. The Labute approximate surface area is 60.4 Å². The summed E-state index contributed by atoms with van der Waals surface area (Å²) in [7, 11) is 1.32. The maximum atomic E-state index is 10.7. The molecule has 0 amide bonds. The maximum Gasteiger partial charge on any atom is 0.309 e. The summed E-state index contributed by atoms with van der Waals surface area (Å²) >= 11 is 0. The number of hydrogen-bond donors (Lipinski definition) is 0. The molecule has 0 saturated carbocycles. The van der Waals surface area contributed by atoms with Crippen LogP contribution in [0.5, 0.6) is 0 Å². The lowest BCUT2D eigenvalue weighted by atomic mass is 9.98. The Hall–Kier alpha value is -0.860. The minimum atomic E-state index is -0.334. The molecule has 3 heteroatoms. The van der Waals surface area contributed by atoms with Crippen LogP contribution in [-0.2, 0) is 14.3 Å². The van der Waals surface area contributed by atoms with Gasteiger partial charge in [0.2, 0.25) is 0 Å². The molecule has 0 fully saturated rings. The molecule has 0 aliphatic carbocycles. The summed E-state index contributed by atoms with van der Waals surface area (Å²) in [6.07, 6.45) is 0.752. The average molecular weight is 144 g/mol. The van der Waals surface area contributed by atoms with Crippen LogP contribution >= 0.6 is 0 Å². The van der Waals surface area contributed by atoms with Crippen LogP contribution in [0.1, 0.15) is 13.8 Å². The van der Waals surface area contributed by atoms with Crippen LogP contribution in [0, 0.1) is 11.8 Å². The number of methoxy groups -OCH3 is 1. The lowest BCUT2D eigenvalue weighted by molar-refractivity contribution is -0.147. The normalized spacial score (nSPS) is 15.5. The topological polar surface area (TPSA) is 43.4 Å². The smallest absolute Gasteiger partial charge is 0.309 e. The van der Waals surface area contributed by atoms with E-state index in [9.17, 15) is 9.59 Å². The molecule has 0 heterocycles. The van der Waals surface area contributed by atoms with Crippen LogP contribution < -0.4 is 0 Å². The fourth-order valence-corrected chi connectivity index (χ4v) is 0.518.